The van der Waals surface area contributed by atoms with Gasteiger partial charge >= 0.3 is 0 Å². The first-order chi connectivity index (χ1) is 7.16. The van der Waals surface area contributed by atoms with Crippen molar-refractivity contribution in [2.24, 2.45) is 5.73 Å². The summed E-state index contributed by atoms with van der Waals surface area (Å²) < 4.78 is 0. The molecule has 0 aromatic heterocycles. The normalized spacial score (nSPS) is 28.9. The van der Waals surface area contributed by atoms with Gasteiger partial charge in [-0.3, -0.25) is 9.69 Å². The Morgan fingerprint density at radius 3 is 2.73 bits per heavy atom. The molecule has 4 nitrogen and oxygen atoms in total. The molecule has 0 radical (unpaired) electrons. The highest BCUT2D eigenvalue weighted by Crippen LogP contribution is 2.17. The number of hydrogen-bond donors (Lipinski definition) is 1. The second-order valence-electron chi connectivity index (χ2n) is 4.89. The summed E-state index contributed by atoms with van der Waals surface area (Å²) in [6, 6.07) is 0.720. The second-order valence-corrected chi connectivity index (χ2v) is 4.89. The average molecular weight is 211 g/mol. The third-order valence-corrected chi connectivity index (χ3v) is 3.47. The van der Waals surface area contributed by atoms with Crippen LogP contribution in [0.15, 0.2) is 0 Å². The predicted molar refractivity (Wildman–Crippen MR) is 59.4 cm³/mol. The highest BCUT2D eigenvalue weighted by Gasteiger charge is 2.29. The molecule has 2 N–H and O–H groups in total. The van der Waals surface area contributed by atoms with E-state index < -0.39 is 0 Å². The zero-order chi connectivity index (χ0) is 10.8. The monoisotopic (exact) mass is 211 g/mol. The molecule has 4 heteroatoms. The lowest BCUT2D eigenvalue weighted by molar-refractivity contribution is -0.136. The molecule has 0 saturated carbocycles. The van der Waals surface area contributed by atoms with Crippen molar-refractivity contribution in [2.75, 3.05) is 26.2 Å². The number of hydrogen-bond acceptors (Lipinski definition) is 3. The summed E-state index contributed by atoms with van der Waals surface area (Å²) in [5.74, 6) is 0.286. The lowest BCUT2D eigenvalue weighted by Crippen LogP contribution is -2.59. The number of nitrogens with zero attached hydrogens (tertiary/aromatic N) is 2. The Morgan fingerprint density at radius 2 is 2.13 bits per heavy atom. The van der Waals surface area contributed by atoms with Crippen LogP contribution >= 0.6 is 0 Å². The van der Waals surface area contributed by atoms with E-state index in [1.54, 1.807) is 0 Å². The highest BCUT2D eigenvalue weighted by atomic mass is 16.2. The van der Waals surface area contributed by atoms with Crippen molar-refractivity contribution in [3.8, 4) is 0 Å². The molecule has 15 heavy (non-hydrogen) atoms. The fourth-order valence-electron chi connectivity index (χ4n) is 2.49. The van der Waals surface area contributed by atoms with Gasteiger partial charge in [-0.15, -0.1) is 0 Å². The SMILES string of the molecule is C[C@H]1CCCCN1C(=O)CN1CC(N)C1. The Kier molecular flexibility index (Phi) is 3.26. The molecule has 86 valence electrons. The van der Waals surface area contributed by atoms with E-state index in [1.165, 1.54) is 6.42 Å². The fraction of sp³-hybridized carbons (Fsp3) is 0.909. The lowest BCUT2D eigenvalue weighted by Gasteiger charge is -2.39. The van der Waals surface area contributed by atoms with Crippen molar-refractivity contribution < 1.29 is 4.79 Å². The quantitative estimate of drug-likeness (QED) is 0.701. The average Bonchev–Trinajstić information content (AvgIpc) is 2.16. The Morgan fingerprint density at radius 1 is 1.40 bits per heavy atom. The Labute approximate surface area is 91.4 Å². The fourth-order valence-corrected chi connectivity index (χ4v) is 2.49. The number of likely N-dealkylation sites (tertiary alicyclic amines) is 2. The molecule has 2 aliphatic heterocycles. The van der Waals surface area contributed by atoms with Crippen molar-refractivity contribution in [1.29, 1.82) is 0 Å². The van der Waals surface area contributed by atoms with Gasteiger partial charge in [0.1, 0.15) is 0 Å². The Hall–Kier alpha value is -0.610. The van der Waals surface area contributed by atoms with Crippen molar-refractivity contribution >= 4 is 5.91 Å². The topological polar surface area (TPSA) is 49.6 Å². The molecule has 0 aromatic rings. The maximum absolute atomic E-state index is 12.0. The van der Waals surface area contributed by atoms with Gasteiger partial charge in [-0.25, -0.2) is 0 Å². The molecule has 2 heterocycles. The summed E-state index contributed by atoms with van der Waals surface area (Å²) in [7, 11) is 0. The number of piperidine rings is 1. The second kappa shape index (κ2) is 4.49. The molecule has 0 unspecified atom stereocenters. The van der Waals surface area contributed by atoms with Gasteiger partial charge in [0.05, 0.1) is 6.54 Å². The van der Waals surface area contributed by atoms with E-state index in [0.29, 0.717) is 12.6 Å². The van der Waals surface area contributed by atoms with Crippen molar-refractivity contribution in [1.82, 2.24) is 9.80 Å². The molecule has 2 aliphatic rings. The van der Waals surface area contributed by atoms with Crippen LogP contribution in [-0.2, 0) is 4.79 Å². The van der Waals surface area contributed by atoms with Crippen LogP contribution in [0.3, 0.4) is 0 Å². The van der Waals surface area contributed by atoms with Gasteiger partial charge in [0.2, 0.25) is 5.91 Å². The number of rotatable bonds is 2. The Bertz CT molecular complexity index is 238. The van der Waals surface area contributed by atoms with Crippen LogP contribution in [-0.4, -0.2) is 54.0 Å². The number of carbonyl (C=O) groups excluding carboxylic acids is 1. The third-order valence-electron chi connectivity index (χ3n) is 3.47. The van der Waals surface area contributed by atoms with E-state index in [-0.39, 0.29) is 11.9 Å². The molecule has 0 spiro atoms. The van der Waals surface area contributed by atoms with Crippen molar-refractivity contribution in [3.63, 3.8) is 0 Å². The van der Waals surface area contributed by atoms with E-state index in [2.05, 4.69) is 11.8 Å². The minimum Gasteiger partial charge on any atom is -0.339 e. The molecule has 2 saturated heterocycles. The van der Waals surface area contributed by atoms with E-state index in [4.69, 9.17) is 5.73 Å². The zero-order valence-electron chi connectivity index (χ0n) is 9.48. The predicted octanol–water partition coefficient (Wildman–Crippen LogP) is 0.0303. The minimum absolute atomic E-state index is 0.286. The third kappa shape index (κ3) is 2.49. The first-order valence-corrected chi connectivity index (χ1v) is 5.94. The minimum atomic E-state index is 0.286. The molecule has 2 rings (SSSR count). The molecule has 1 atom stereocenters. The van der Waals surface area contributed by atoms with Crippen LogP contribution in [0.2, 0.25) is 0 Å². The van der Waals surface area contributed by atoms with Crippen LogP contribution in [0.1, 0.15) is 26.2 Å². The van der Waals surface area contributed by atoms with E-state index in [9.17, 15) is 4.79 Å². The van der Waals surface area contributed by atoms with E-state index in [1.807, 2.05) is 4.90 Å². The molecule has 0 bridgehead atoms. The highest BCUT2D eigenvalue weighted by molar-refractivity contribution is 5.78. The molecule has 2 fully saturated rings. The van der Waals surface area contributed by atoms with Gasteiger partial charge in [0.25, 0.3) is 0 Å². The molecule has 1 amide bonds. The van der Waals surface area contributed by atoms with Crippen LogP contribution in [0, 0.1) is 0 Å². The van der Waals surface area contributed by atoms with Gasteiger partial charge in [-0.1, -0.05) is 0 Å². The van der Waals surface area contributed by atoms with Gasteiger partial charge in [-0.05, 0) is 26.2 Å². The van der Waals surface area contributed by atoms with Crippen LogP contribution < -0.4 is 5.73 Å². The van der Waals surface area contributed by atoms with Crippen LogP contribution in [0.5, 0.6) is 0 Å². The summed E-state index contributed by atoms with van der Waals surface area (Å²) >= 11 is 0. The van der Waals surface area contributed by atoms with Crippen molar-refractivity contribution in [2.45, 2.75) is 38.3 Å². The van der Waals surface area contributed by atoms with Crippen LogP contribution in [0.4, 0.5) is 0 Å². The lowest BCUT2D eigenvalue weighted by atomic mass is 10.0. The van der Waals surface area contributed by atoms with Gasteiger partial charge < -0.3 is 10.6 Å². The van der Waals surface area contributed by atoms with Gasteiger partial charge in [0, 0.05) is 31.7 Å². The van der Waals surface area contributed by atoms with Crippen LogP contribution in [0.25, 0.3) is 0 Å². The van der Waals surface area contributed by atoms with E-state index in [0.717, 1.165) is 32.5 Å². The van der Waals surface area contributed by atoms with Crippen molar-refractivity contribution in [3.05, 3.63) is 0 Å². The number of nitrogens with two attached hydrogens (primary N) is 1. The number of amides is 1. The largest absolute Gasteiger partial charge is 0.339 e. The standard InChI is InChI=1S/C11H21N3O/c1-9-4-2-3-5-14(9)11(15)8-13-6-10(12)7-13/h9-10H,2-8,12H2,1H3/t9-/m0/s1. The smallest absolute Gasteiger partial charge is 0.236 e. The zero-order valence-corrected chi connectivity index (χ0v) is 9.48. The summed E-state index contributed by atoms with van der Waals surface area (Å²) in [4.78, 5) is 16.1. The summed E-state index contributed by atoms with van der Waals surface area (Å²) in [6.45, 7) is 5.43. The molecule has 0 aliphatic carbocycles. The first kappa shape index (κ1) is 10.9. The maximum atomic E-state index is 12.0. The Balaban J connectivity index is 1.79. The summed E-state index contributed by atoms with van der Waals surface area (Å²) in [5, 5.41) is 0. The molecular formula is C11H21N3O. The summed E-state index contributed by atoms with van der Waals surface area (Å²) in [5.41, 5.74) is 5.68. The number of carbonyl (C=O) groups is 1. The van der Waals surface area contributed by atoms with Gasteiger partial charge in [-0.2, -0.15) is 0 Å². The molecular weight excluding hydrogens is 190 g/mol. The molecule has 0 aromatic carbocycles. The maximum Gasteiger partial charge on any atom is 0.236 e. The van der Waals surface area contributed by atoms with Gasteiger partial charge in [0.15, 0.2) is 0 Å². The first-order valence-electron chi connectivity index (χ1n) is 5.94. The van der Waals surface area contributed by atoms with E-state index >= 15 is 0 Å². The summed E-state index contributed by atoms with van der Waals surface area (Å²) in [6.07, 6.45) is 3.58.